The number of ether oxygens (including phenoxy) is 1. The van der Waals surface area contributed by atoms with Gasteiger partial charge in [-0.1, -0.05) is 12.1 Å². The summed E-state index contributed by atoms with van der Waals surface area (Å²) in [5.74, 6) is 0.828. The summed E-state index contributed by atoms with van der Waals surface area (Å²) in [5.41, 5.74) is 2.50. The lowest BCUT2D eigenvalue weighted by atomic mass is 10.1. The molecule has 0 saturated heterocycles. The third-order valence-electron chi connectivity index (χ3n) is 3.58. The molecular weight excluding hydrogens is 268 g/mol. The summed E-state index contributed by atoms with van der Waals surface area (Å²) in [7, 11) is 3.37. The van der Waals surface area contributed by atoms with Gasteiger partial charge in [0.15, 0.2) is 5.65 Å². The summed E-state index contributed by atoms with van der Waals surface area (Å²) in [4.78, 5) is 20.4. The fraction of sp³-hybridized carbons (Fsp3) is 0.267. The number of imidazole rings is 1. The van der Waals surface area contributed by atoms with Crippen molar-refractivity contribution in [1.82, 2.24) is 19.1 Å². The Labute approximate surface area is 121 Å². The third-order valence-corrected chi connectivity index (χ3v) is 3.58. The van der Waals surface area contributed by atoms with E-state index in [-0.39, 0.29) is 5.69 Å². The van der Waals surface area contributed by atoms with E-state index in [4.69, 9.17) is 4.74 Å². The molecule has 0 bridgehead atoms. The van der Waals surface area contributed by atoms with Crippen molar-refractivity contribution in [3.05, 3.63) is 52.8 Å². The highest BCUT2D eigenvalue weighted by Gasteiger charge is 2.11. The number of hydrogen-bond acceptors (Lipinski definition) is 4. The van der Waals surface area contributed by atoms with E-state index in [0.717, 1.165) is 23.3 Å². The molecule has 0 aliphatic rings. The lowest BCUT2D eigenvalue weighted by molar-refractivity contribution is 0.414. The van der Waals surface area contributed by atoms with Crippen molar-refractivity contribution in [3.63, 3.8) is 0 Å². The van der Waals surface area contributed by atoms with Gasteiger partial charge in [0.1, 0.15) is 17.6 Å². The molecule has 0 amide bonds. The molecule has 21 heavy (non-hydrogen) atoms. The lowest BCUT2D eigenvalue weighted by Crippen LogP contribution is -2.23. The Bertz CT molecular complexity index is 818. The molecule has 0 spiro atoms. The first-order chi connectivity index (χ1) is 10.2. The van der Waals surface area contributed by atoms with Crippen molar-refractivity contribution in [2.24, 2.45) is 7.05 Å². The number of methoxy groups -OCH3 is 1. The second kappa shape index (κ2) is 5.40. The quantitative estimate of drug-likeness (QED) is 0.726. The van der Waals surface area contributed by atoms with Gasteiger partial charge in [-0.2, -0.15) is 0 Å². The average Bonchev–Trinajstić information content (AvgIpc) is 2.78. The van der Waals surface area contributed by atoms with Crippen LogP contribution in [0.15, 0.2) is 41.6 Å². The van der Waals surface area contributed by atoms with Crippen LogP contribution in [-0.4, -0.2) is 26.2 Å². The van der Waals surface area contributed by atoms with Crippen LogP contribution in [0.5, 0.6) is 5.75 Å². The fourth-order valence-electron chi connectivity index (χ4n) is 2.39. The van der Waals surface area contributed by atoms with E-state index < -0.39 is 0 Å². The van der Waals surface area contributed by atoms with Crippen molar-refractivity contribution < 1.29 is 4.74 Å². The standard InChI is InChI=1S/C15H16N4O2/c1-18-14-13(9-16-10-17-14)19(15(18)20)8-7-11-3-5-12(21-2)6-4-11/h3-6,9-10H,7-8H2,1-2H3. The molecule has 0 aliphatic heterocycles. The second-order valence-corrected chi connectivity index (χ2v) is 4.82. The smallest absolute Gasteiger partial charge is 0.330 e. The minimum absolute atomic E-state index is 0.0704. The van der Waals surface area contributed by atoms with E-state index in [1.165, 1.54) is 6.33 Å². The van der Waals surface area contributed by atoms with E-state index >= 15 is 0 Å². The maximum absolute atomic E-state index is 12.2. The maximum atomic E-state index is 12.2. The monoisotopic (exact) mass is 284 g/mol. The van der Waals surface area contributed by atoms with Gasteiger partial charge < -0.3 is 4.74 Å². The molecule has 2 aromatic heterocycles. The van der Waals surface area contributed by atoms with Gasteiger partial charge in [-0.05, 0) is 24.1 Å². The molecule has 0 saturated carbocycles. The largest absolute Gasteiger partial charge is 0.497 e. The highest BCUT2D eigenvalue weighted by atomic mass is 16.5. The first-order valence-electron chi connectivity index (χ1n) is 6.69. The Hall–Kier alpha value is -2.63. The maximum Gasteiger partial charge on any atom is 0.330 e. The van der Waals surface area contributed by atoms with Crippen molar-refractivity contribution in [2.45, 2.75) is 13.0 Å². The van der Waals surface area contributed by atoms with Gasteiger partial charge in [-0.3, -0.25) is 9.13 Å². The van der Waals surface area contributed by atoms with Crippen LogP contribution in [-0.2, 0) is 20.0 Å². The Kier molecular flexibility index (Phi) is 3.43. The van der Waals surface area contributed by atoms with Crippen molar-refractivity contribution in [3.8, 4) is 5.75 Å². The van der Waals surface area contributed by atoms with Crippen molar-refractivity contribution >= 4 is 11.2 Å². The average molecular weight is 284 g/mol. The Morgan fingerprint density at radius 1 is 1.24 bits per heavy atom. The van der Waals surface area contributed by atoms with Gasteiger partial charge >= 0.3 is 5.69 Å². The zero-order chi connectivity index (χ0) is 14.8. The molecule has 0 aliphatic carbocycles. The van der Waals surface area contributed by atoms with Crippen molar-refractivity contribution in [1.29, 1.82) is 0 Å². The van der Waals surface area contributed by atoms with Crippen LogP contribution >= 0.6 is 0 Å². The van der Waals surface area contributed by atoms with Crippen LogP contribution < -0.4 is 10.4 Å². The summed E-state index contributed by atoms with van der Waals surface area (Å²) >= 11 is 0. The van der Waals surface area contributed by atoms with E-state index in [0.29, 0.717) is 12.2 Å². The van der Waals surface area contributed by atoms with E-state index in [1.54, 1.807) is 29.5 Å². The topological polar surface area (TPSA) is 61.9 Å². The van der Waals surface area contributed by atoms with Crippen molar-refractivity contribution in [2.75, 3.05) is 7.11 Å². The molecule has 3 rings (SSSR count). The van der Waals surface area contributed by atoms with Crippen LogP contribution in [0.1, 0.15) is 5.56 Å². The van der Waals surface area contributed by atoms with E-state index in [1.807, 2.05) is 24.3 Å². The van der Waals surface area contributed by atoms with Crippen LogP contribution in [0, 0.1) is 0 Å². The van der Waals surface area contributed by atoms with Gasteiger partial charge in [0.25, 0.3) is 0 Å². The molecule has 0 unspecified atom stereocenters. The zero-order valence-electron chi connectivity index (χ0n) is 12.0. The fourth-order valence-corrected chi connectivity index (χ4v) is 2.39. The Balaban J connectivity index is 1.88. The predicted molar refractivity (Wildman–Crippen MR) is 79.5 cm³/mol. The lowest BCUT2D eigenvalue weighted by Gasteiger charge is -2.05. The van der Waals surface area contributed by atoms with Gasteiger partial charge in [0, 0.05) is 13.6 Å². The molecule has 3 aromatic rings. The number of aryl methyl sites for hydroxylation is 3. The highest BCUT2D eigenvalue weighted by molar-refractivity contribution is 5.69. The molecular formula is C15H16N4O2. The first-order valence-corrected chi connectivity index (χ1v) is 6.69. The molecule has 2 heterocycles. The molecule has 6 heteroatoms. The number of nitrogens with zero attached hydrogens (tertiary/aromatic N) is 4. The zero-order valence-corrected chi connectivity index (χ0v) is 12.0. The second-order valence-electron chi connectivity index (χ2n) is 4.82. The summed E-state index contributed by atoms with van der Waals surface area (Å²) in [5, 5.41) is 0. The summed E-state index contributed by atoms with van der Waals surface area (Å²) in [6, 6.07) is 7.85. The number of aromatic nitrogens is 4. The third kappa shape index (κ3) is 2.40. The number of fused-ring (bicyclic) bond motifs is 1. The predicted octanol–water partition coefficient (Wildman–Crippen LogP) is 1.38. The van der Waals surface area contributed by atoms with Gasteiger partial charge in [-0.25, -0.2) is 14.8 Å². The molecule has 0 atom stereocenters. The number of rotatable bonds is 4. The normalized spacial score (nSPS) is 11.0. The van der Waals surface area contributed by atoms with Crippen LogP contribution in [0.2, 0.25) is 0 Å². The highest BCUT2D eigenvalue weighted by Crippen LogP contribution is 2.13. The number of hydrogen-bond donors (Lipinski definition) is 0. The molecule has 6 nitrogen and oxygen atoms in total. The van der Waals surface area contributed by atoms with Crippen LogP contribution in [0.25, 0.3) is 11.2 Å². The summed E-state index contributed by atoms with van der Waals surface area (Å²) in [6.45, 7) is 0.593. The van der Waals surface area contributed by atoms with Crippen LogP contribution in [0.4, 0.5) is 0 Å². The summed E-state index contributed by atoms with van der Waals surface area (Å²) in [6.07, 6.45) is 3.89. The Morgan fingerprint density at radius 3 is 2.71 bits per heavy atom. The molecule has 108 valence electrons. The first kappa shape index (κ1) is 13.4. The molecule has 0 fully saturated rings. The number of benzene rings is 1. The van der Waals surface area contributed by atoms with E-state index in [9.17, 15) is 4.79 Å². The van der Waals surface area contributed by atoms with Gasteiger partial charge in [-0.15, -0.1) is 0 Å². The van der Waals surface area contributed by atoms with E-state index in [2.05, 4.69) is 9.97 Å². The molecule has 0 radical (unpaired) electrons. The summed E-state index contributed by atoms with van der Waals surface area (Å²) < 4.78 is 8.39. The van der Waals surface area contributed by atoms with Crippen LogP contribution in [0.3, 0.4) is 0 Å². The van der Waals surface area contributed by atoms with Gasteiger partial charge in [0.2, 0.25) is 0 Å². The Morgan fingerprint density at radius 2 is 2.00 bits per heavy atom. The molecule has 1 aromatic carbocycles. The SMILES string of the molecule is COc1ccc(CCn2c(=O)n(C)c3ncncc32)cc1. The minimum Gasteiger partial charge on any atom is -0.497 e. The minimum atomic E-state index is -0.0704. The van der Waals surface area contributed by atoms with Gasteiger partial charge in [0.05, 0.1) is 13.3 Å². The molecule has 0 N–H and O–H groups in total.